The number of hydrogen-bond donors (Lipinski definition) is 1. The molecule has 0 amide bonds. The molecule has 78 valence electrons. The first-order chi connectivity index (χ1) is 7.20. The Morgan fingerprint density at radius 2 is 2.20 bits per heavy atom. The van der Waals surface area contributed by atoms with Gasteiger partial charge >= 0.3 is 5.97 Å². The molecule has 1 aliphatic carbocycles. The average molecular weight is 202 g/mol. The van der Waals surface area contributed by atoms with Crippen molar-refractivity contribution in [2.24, 2.45) is 5.92 Å². The summed E-state index contributed by atoms with van der Waals surface area (Å²) < 4.78 is 0. The summed E-state index contributed by atoms with van der Waals surface area (Å²) in [6, 6.07) is 5.44. The van der Waals surface area contributed by atoms with Crippen molar-refractivity contribution in [2.45, 2.75) is 19.3 Å². The summed E-state index contributed by atoms with van der Waals surface area (Å²) in [6.07, 6.45) is 5.00. The molecule has 0 radical (unpaired) electrons. The van der Waals surface area contributed by atoms with E-state index in [2.05, 4.69) is 6.58 Å². The lowest BCUT2D eigenvalue weighted by molar-refractivity contribution is 0.0697. The second kappa shape index (κ2) is 3.89. The predicted octanol–water partition coefficient (Wildman–Crippen LogP) is 2.68. The van der Waals surface area contributed by atoms with Gasteiger partial charge in [-0.25, -0.2) is 4.79 Å². The number of hydrogen-bond acceptors (Lipinski definition) is 1. The number of carboxylic acids is 1. The quantitative estimate of drug-likeness (QED) is 0.765. The van der Waals surface area contributed by atoms with Crippen molar-refractivity contribution in [1.29, 1.82) is 0 Å². The smallest absolute Gasteiger partial charge is 0.335 e. The zero-order valence-corrected chi connectivity index (χ0v) is 8.57. The zero-order valence-electron chi connectivity index (χ0n) is 8.57. The monoisotopic (exact) mass is 202 g/mol. The number of benzene rings is 1. The van der Waals surface area contributed by atoms with Crippen LogP contribution in [-0.4, -0.2) is 11.1 Å². The van der Waals surface area contributed by atoms with E-state index in [1.165, 1.54) is 11.1 Å². The largest absolute Gasteiger partial charge is 0.478 e. The van der Waals surface area contributed by atoms with Gasteiger partial charge in [0.2, 0.25) is 0 Å². The minimum Gasteiger partial charge on any atom is -0.478 e. The molecule has 1 N–H and O–H groups in total. The molecule has 0 fully saturated rings. The Bertz CT molecular complexity index is 407. The molecule has 1 aromatic rings. The normalized spacial score (nSPS) is 18.5. The van der Waals surface area contributed by atoms with Gasteiger partial charge in [-0.05, 0) is 48.4 Å². The maximum Gasteiger partial charge on any atom is 0.335 e. The van der Waals surface area contributed by atoms with Crippen LogP contribution in [0.25, 0.3) is 0 Å². The minimum absolute atomic E-state index is 0.396. The molecule has 1 unspecified atom stereocenters. The second-order valence-corrected chi connectivity index (χ2v) is 4.09. The van der Waals surface area contributed by atoms with E-state index in [4.69, 9.17) is 5.11 Å². The molecule has 2 heteroatoms. The Morgan fingerprint density at radius 3 is 2.87 bits per heavy atom. The third-order valence-electron chi connectivity index (χ3n) is 2.97. The summed E-state index contributed by atoms with van der Waals surface area (Å²) in [4.78, 5) is 10.8. The highest BCUT2D eigenvalue weighted by atomic mass is 16.4. The maximum absolute atomic E-state index is 10.8. The Morgan fingerprint density at radius 1 is 1.47 bits per heavy atom. The fraction of sp³-hybridized carbons (Fsp3) is 0.308. The van der Waals surface area contributed by atoms with Crippen LogP contribution in [0.5, 0.6) is 0 Å². The molecular formula is C13H14O2. The number of aromatic carboxylic acids is 1. The van der Waals surface area contributed by atoms with E-state index in [0.717, 1.165) is 19.3 Å². The van der Waals surface area contributed by atoms with Gasteiger partial charge in [-0.15, -0.1) is 6.58 Å². The SMILES string of the molecule is C=CCC1Cc2ccc(C(=O)O)cc2C1. The summed E-state index contributed by atoms with van der Waals surface area (Å²) in [5.41, 5.74) is 2.89. The standard InChI is InChI=1S/C13H14O2/c1-2-3-9-6-10-4-5-11(13(14)15)8-12(10)7-9/h2,4-5,8-9H,1,3,6-7H2,(H,14,15). The second-order valence-electron chi connectivity index (χ2n) is 4.09. The summed E-state index contributed by atoms with van der Waals surface area (Å²) in [5, 5.41) is 8.87. The first kappa shape index (κ1) is 9.97. The highest BCUT2D eigenvalue weighted by Gasteiger charge is 2.21. The summed E-state index contributed by atoms with van der Waals surface area (Å²) in [5.74, 6) is -0.230. The zero-order chi connectivity index (χ0) is 10.8. The minimum atomic E-state index is -0.843. The van der Waals surface area contributed by atoms with E-state index in [1.807, 2.05) is 12.1 Å². The average Bonchev–Trinajstić information content (AvgIpc) is 2.59. The third-order valence-corrected chi connectivity index (χ3v) is 2.97. The molecule has 0 saturated carbocycles. The maximum atomic E-state index is 10.8. The molecule has 0 aromatic heterocycles. The van der Waals surface area contributed by atoms with Gasteiger partial charge in [0.25, 0.3) is 0 Å². The Kier molecular flexibility index (Phi) is 2.58. The van der Waals surface area contributed by atoms with Gasteiger partial charge in [-0.1, -0.05) is 12.1 Å². The number of carbonyl (C=O) groups is 1. The molecular weight excluding hydrogens is 188 g/mol. The molecule has 1 atom stereocenters. The van der Waals surface area contributed by atoms with E-state index in [-0.39, 0.29) is 0 Å². The van der Waals surface area contributed by atoms with Crippen LogP contribution < -0.4 is 0 Å². The van der Waals surface area contributed by atoms with Crippen LogP contribution in [-0.2, 0) is 12.8 Å². The van der Waals surface area contributed by atoms with Gasteiger partial charge in [0, 0.05) is 0 Å². The van der Waals surface area contributed by atoms with Crippen LogP contribution in [0, 0.1) is 5.92 Å². The van der Waals surface area contributed by atoms with Crippen molar-refractivity contribution in [3.63, 3.8) is 0 Å². The van der Waals surface area contributed by atoms with Crippen LogP contribution in [0.3, 0.4) is 0 Å². The molecule has 1 aromatic carbocycles. The van der Waals surface area contributed by atoms with Crippen LogP contribution >= 0.6 is 0 Å². The lowest BCUT2D eigenvalue weighted by Gasteiger charge is -2.02. The first-order valence-corrected chi connectivity index (χ1v) is 5.16. The van der Waals surface area contributed by atoms with Crippen LogP contribution in [0.15, 0.2) is 30.9 Å². The van der Waals surface area contributed by atoms with Gasteiger partial charge in [-0.2, -0.15) is 0 Å². The van der Waals surface area contributed by atoms with E-state index in [1.54, 1.807) is 12.1 Å². The van der Waals surface area contributed by atoms with Crippen LogP contribution in [0.2, 0.25) is 0 Å². The molecule has 2 rings (SSSR count). The highest BCUT2D eigenvalue weighted by Crippen LogP contribution is 2.29. The van der Waals surface area contributed by atoms with Gasteiger partial charge in [0.05, 0.1) is 5.56 Å². The van der Waals surface area contributed by atoms with Gasteiger partial charge in [-0.3, -0.25) is 0 Å². The van der Waals surface area contributed by atoms with Crippen LogP contribution in [0.1, 0.15) is 27.9 Å². The van der Waals surface area contributed by atoms with Crippen molar-refractivity contribution < 1.29 is 9.90 Å². The third kappa shape index (κ3) is 1.94. The molecule has 0 aliphatic heterocycles. The van der Waals surface area contributed by atoms with Crippen LogP contribution in [0.4, 0.5) is 0 Å². The number of carboxylic acid groups (broad SMARTS) is 1. The highest BCUT2D eigenvalue weighted by molar-refractivity contribution is 5.88. The van der Waals surface area contributed by atoms with E-state index < -0.39 is 5.97 Å². The van der Waals surface area contributed by atoms with E-state index >= 15 is 0 Å². The van der Waals surface area contributed by atoms with Gasteiger partial charge < -0.3 is 5.11 Å². The van der Waals surface area contributed by atoms with Crippen molar-refractivity contribution in [2.75, 3.05) is 0 Å². The molecule has 0 heterocycles. The van der Waals surface area contributed by atoms with Gasteiger partial charge in [0.1, 0.15) is 0 Å². The number of allylic oxidation sites excluding steroid dienone is 1. The molecule has 1 aliphatic rings. The van der Waals surface area contributed by atoms with Gasteiger partial charge in [0.15, 0.2) is 0 Å². The van der Waals surface area contributed by atoms with E-state index in [9.17, 15) is 4.79 Å². The molecule has 2 nitrogen and oxygen atoms in total. The summed E-state index contributed by atoms with van der Waals surface area (Å²) >= 11 is 0. The topological polar surface area (TPSA) is 37.3 Å². The fourth-order valence-corrected chi connectivity index (χ4v) is 2.24. The lowest BCUT2D eigenvalue weighted by atomic mass is 10.0. The Balaban J connectivity index is 2.23. The van der Waals surface area contributed by atoms with E-state index in [0.29, 0.717) is 11.5 Å². The molecule has 0 saturated heterocycles. The molecule has 15 heavy (non-hydrogen) atoms. The van der Waals surface area contributed by atoms with Crippen molar-refractivity contribution in [1.82, 2.24) is 0 Å². The predicted molar refractivity (Wildman–Crippen MR) is 59.1 cm³/mol. The lowest BCUT2D eigenvalue weighted by Crippen LogP contribution is -1.97. The fourth-order valence-electron chi connectivity index (χ4n) is 2.24. The Labute approximate surface area is 89.2 Å². The van der Waals surface area contributed by atoms with Crippen molar-refractivity contribution in [3.05, 3.63) is 47.5 Å². The van der Waals surface area contributed by atoms with Crippen molar-refractivity contribution in [3.8, 4) is 0 Å². The first-order valence-electron chi connectivity index (χ1n) is 5.16. The number of rotatable bonds is 3. The van der Waals surface area contributed by atoms with Crippen molar-refractivity contribution >= 4 is 5.97 Å². The molecule has 0 spiro atoms. The summed E-state index contributed by atoms with van der Waals surface area (Å²) in [6.45, 7) is 3.74. The Hall–Kier alpha value is -1.57. The summed E-state index contributed by atoms with van der Waals surface area (Å²) in [7, 11) is 0. The molecule has 0 bridgehead atoms. The number of fused-ring (bicyclic) bond motifs is 1.